The molecule has 0 spiro atoms. The maximum absolute atomic E-state index is 5.87. The second-order valence-electron chi connectivity index (χ2n) is 9.36. The zero-order valence-electron chi connectivity index (χ0n) is 19.8. The molecule has 0 aliphatic rings. The third-order valence-electron chi connectivity index (χ3n) is 5.86. The number of aryl methyl sites for hydroxylation is 2. The summed E-state index contributed by atoms with van der Waals surface area (Å²) >= 11 is 1.92. The number of methoxy groups -OCH3 is 1. The number of rotatable bonds is 10. The van der Waals surface area contributed by atoms with Crippen molar-refractivity contribution in [3.63, 3.8) is 0 Å². The number of ether oxygens (including phenoxy) is 1. The van der Waals surface area contributed by atoms with Gasteiger partial charge in [-0.15, -0.1) is 0 Å². The number of nitrogens with two attached hydrogens (primary N) is 1. The van der Waals surface area contributed by atoms with Gasteiger partial charge in [0.25, 0.3) is 0 Å². The van der Waals surface area contributed by atoms with Crippen molar-refractivity contribution in [1.29, 1.82) is 0 Å². The lowest BCUT2D eigenvalue weighted by molar-refractivity contribution is 0.111. The molecule has 176 valence electrons. The van der Waals surface area contributed by atoms with Gasteiger partial charge in [0.1, 0.15) is 17.7 Å². The van der Waals surface area contributed by atoms with Crippen LogP contribution < -0.4 is 5.73 Å². The number of hydrogen-bond acceptors (Lipinski definition) is 7. The summed E-state index contributed by atoms with van der Waals surface area (Å²) in [5.74, 6) is 3.50. The third-order valence-corrected chi connectivity index (χ3v) is 7.04. The van der Waals surface area contributed by atoms with Gasteiger partial charge in [-0.05, 0) is 41.7 Å². The Labute approximate surface area is 198 Å². The van der Waals surface area contributed by atoms with Crippen LogP contribution in [-0.2, 0) is 23.1 Å². The molecule has 0 fully saturated rings. The van der Waals surface area contributed by atoms with E-state index in [9.17, 15) is 0 Å². The number of nitrogen functional groups attached to an aromatic ring is 1. The number of benzene rings is 1. The Balaban J connectivity index is 1.22. The van der Waals surface area contributed by atoms with E-state index in [1.807, 2.05) is 16.3 Å². The van der Waals surface area contributed by atoms with Gasteiger partial charge in [0, 0.05) is 25.8 Å². The first-order valence-electron chi connectivity index (χ1n) is 11.4. The first kappa shape index (κ1) is 23.5. The van der Waals surface area contributed by atoms with E-state index in [1.165, 1.54) is 11.9 Å². The van der Waals surface area contributed by atoms with Gasteiger partial charge in [0.15, 0.2) is 11.5 Å². The van der Waals surface area contributed by atoms with Crippen LogP contribution in [0.15, 0.2) is 30.9 Å². The highest BCUT2D eigenvalue weighted by Crippen LogP contribution is 2.25. The molecule has 0 saturated carbocycles. The van der Waals surface area contributed by atoms with E-state index in [1.54, 1.807) is 13.4 Å². The number of aromatic nitrogens is 6. The van der Waals surface area contributed by atoms with Crippen molar-refractivity contribution in [3.8, 4) is 0 Å². The zero-order chi connectivity index (χ0) is 23.4. The van der Waals surface area contributed by atoms with Crippen LogP contribution >= 0.6 is 11.8 Å². The maximum atomic E-state index is 5.87. The van der Waals surface area contributed by atoms with Gasteiger partial charge >= 0.3 is 0 Å². The lowest BCUT2D eigenvalue weighted by atomic mass is 9.87. The summed E-state index contributed by atoms with van der Waals surface area (Å²) in [4.78, 5) is 20.9. The number of thioether (sulfide) groups is 1. The summed E-state index contributed by atoms with van der Waals surface area (Å²) in [6.07, 6.45) is 6.34. The SMILES string of the molecule is COC(CCn1cnc2c(N)ncnc21)CSCCCc1nc2ccc(C(C)(C)C)cc2[nH]1. The minimum Gasteiger partial charge on any atom is -0.382 e. The molecule has 1 aromatic carbocycles. The monoisotopic (exact) mass is 467 g/mol. The lowest BCUT2D eigenvalue weighted by Crippen LogP contribution is -2.17. The molecule has 8 nitrogen and oxygen atoms in total. The minimum atomic E-state index is 0.139. The predicted molar refractivity (Wildman–Crippen MR) is 136 cm³/mol. The van der Waals surface area contributed by atoms with Gasteiger partial charge in [0.2, 0.25) is 0 Å². The fourth-order valence-electron chi connectivity index (χ4n) is 3.82. The zero-order valence-corrected chi connectivity index (χ0v) is 20.7. The summed E-state index contributed by atoms with van der Waals surface area (Å²) in [6.45, 7) is 7.48. The molecule has 3 aromatic heterocycles. The number of aromatic amines is 1. The number of nitrogens with zero attached hydrogens (tertiary/aromatic N) is 5. The summed E-state index contributed by atoms with van der Waals surface area (Å²) < 4.78 is 7.71. The van der Waals surface area contributed by atoms with Gasteiger partial charge in [-0.2, -0.15) is 11.8 Å². The summed E-state index contributed by atoms with van der Waals surface area (Å²) in [5.41, 5.74) is 10.9. The predicted octanol–water partition coefficient (Wildman–Crippen LogP) is 4.35. The van der Waals surface area contributed by atoms with Crippen molar-refractivity contribution >= 4 is 39.8 Å². The number of nitrogens with one attached hydrogen (secondary N) is 1. The van der Waals surface area contributed by atoms with Crippen LogP contribution in [-0.4, -0.2) is 54.2 Å². The molecule has 1 atom stereocenters. The second kappa shape index (κ2) is 10.1. The Morgan fingerprint density at radius 3 is 2.85 bits per heavy atom. The summed E-state index contributed by atoms with van der Waals surface area (Å²) in [7, 11) is 1.78. The van der Waals surface area contributed by atoms with Crippen molar-refractivity contribution < 1.29 is 4.74 Å². The van der Waals surface area contributed by atoms with Crippen molar-refractivity contribution in [3.05, 3.63) is 42.2 Å². The molecule has 3 heterocycles. The molecule has 0 amide bonds. The molecule has 0 radical (unpaired) electrons. The normalized spacial score (nSPS) is 13.2. The highest BCUT2D eigenvalue weighted by Gasteiger charge is 2.15. The van der Waals surface area contributed by atoms with Crippen LogP contribution in [0.5, 0.6) is 0 Å². The van der Waals surface area contributed by atoms with Crippen molar-refractivity contribution in [2.24, 2.45) is 0 Å². The average molecular weight is 468 g/mol. The topological polar surface area (TPSA) is 108 Å². The van der Waals surface area contributed by atoms with E-state index < -0.39 is 0 Å². The second-order valence-corrected chi connectivity index (χ2v) is 10.5. The molecule has 3 N–H and O–H groups in total. The van der Waals surface area contributed by atoms with E-state index in [-0.39, 0.29) is 11.5 Å². The molecule has 1 unspecified atom stereocenters. The highest BCUT2D eigenvalue weighted by atomic mass is 32.2. The maximum Gasteiger partial charge on any atom is 0.165 e. The van der Waals surface area contributed by atoms with E-state index in [2.05, 4.69) is 58.9 Å². The first-order chi connectivity index (χ1) is 15.8. The Hall–Kier alpha value is -2.65. The Bertz CT molecular complexity index is 1210. The number of anilines is 1. The quantitative estimate of drug-likeness (QED) is 0.334. The fourth-order valence-corrected chi connectivity index (χ4v) is 4.90. The largest absolute Gasteiger partial charge is 0.382 e. The van der Waals surface area contributed by atoms with Crippen LogP contribution in [0.2, 0.25) is 0 Å². The Kier molecular flexibility index (Phi) is 7.19. The van der Waals surface area contributed by atoms with Gasteiger partial charge < -0.3 is 20.0 Å². The van der Waals surface area contributed by atoms with Gasteiger partial charge in [-0.3, -0.25) is 0 Å². The van der Waals surface area contributed by atoms with Crippen molar-refractivity contribution in [1.82, 2.24) is 29.5 Å². The van der Waals surface area contributed by atoms with E-state index in [0.717, 1.165) is 59.8 Å². The number of imidazole rings is 2. The molecule has 0 bridgehead atoms. The van der Waals surface area contributed by atoms with Crippen molar-refractivity contribution in [2.75, 3.05) is 24.3 Å². The summed E-state index contributed by atoms with van der Waals surface area (Å²) in [6, 6.07) is 6.54. The van der Waals surface area contributed by atoms with Crippen LogP contribution in [0.1, 0.15) is 45.0 Å². The van der Waals surface area contributed by atoms with Crippen LogP contribution in [0.4, 0.5) is 5.82 Å². The van der Waals surface area contributed by atoms with Crippen LogP contribution in [0.3, 0.4) is 0 Å². The Morgan fingerprint density at radius 1 is 1.21 bits per heavy atom. The first-order valence-corrected chi connectivity index (χ1v) is 12.5. The van der Waals surface area contributed by atoms with E-state index >= 15 is 0 Å². The van der Waals surface area contributed by atoms with Gasteiger partial charge in [-0.25, -0.2) is 19.9 Å². The standard InChI is InChI=1S/C24H33N7OS/c1-24(2,3)16-7-8-18-19(12-16)30-20(29-18)6-5-11-33-13-17(32-4)9-10-31-15-28-21-22(25)26-14-27-23(21)31/h7-8,12,14-15,17H,5-6,9-11,13H2,1-4H3,(H,29,30)(H2,25,26,27). The van der Waals surface area contributed by atoms with Gasteiger partial charge in [-0.1, -0.05) is 26.8 Å². The van der Waals surface area contributed by atoms with Crippen LogP contribution in [0.25, 0.3) is 22.2 Å². The Morgan fingerprint density at radius 2 is 2.06 bits per heavy atom. The molecular formula is C24H33N7OS. The molecule has 0 aliphatic heterocycles. The molecule has 0 aliphatic carbocycles. The lowest BCUT2D eigenvalue weighted by Gasteiger charge is -2.18. The van der Waals surface area contributed by atoms with Crippen LogP contribution in [0, 0.1) is 0 Å². The van der Waals surface area contributed by atoms with Crippen molar-refractivity contribution in [2.45, 2.75) is 58.1 Å². The smallest absolute Gasteiger partial charge is 0.165 e. The molecule has 0 saturated heterocycles. The molecular weight excluding hydrogens is 434 g/mol. The number of hydrogen-bond donors (Lipinski definition) is 2. The molecule has 4 aromatic rings. The molecule has 9 heteroatoms. The third kappa shape index (κ3) is 5.65. The fraction of sp³-hybridized carbons (Fsp3) is 0.500. The molecule has 4 rings (SSSR count). The number of H-pyrrole nitrogens is 1. The average Bonchev–Trinajstić information content (AvgIpc) is 3.39. The van der Waals surface area contributed by atoms with Gasteiger partial charge in [0.05, 0.1) is 23.5 Å². The highest BCUT2D eigenvalue weighted by molar-refractivity contribution is 7.99. The summed E-state index contributed by atoms with van der Waals surface area (Å²) in [5, 5.41) is 0. The van der Waals surface area contributed by atoms with E-state index in [4.69, 9.17) is 15.5 Å². The number of fused-ring (bicyclic) bond motifs is 2. The van der Waals surface area contributed by atoms with E-state index in [0.29, 0.717) is 11.3 Å². The molecule has 33 heavy (non-hydrogen) atoms. The minimum absolute atomic E-state index is 0.139.